The van der Waals surface area contributed by atoms with Gasteiger partial charge < -0.3 is 14.2 Å². The fraction of sp³-hybridized carbons (Fsp3) is 0.638. The largest absolute Gasteiger partial charge is 0.462 e. The van der Waals surface area contributed by atoms with E-state index in [4.69, 9.17) is 14.2 Å². The van der Waals surface area contributed by atoms with Gasteiger partial charge in [-0.3, -0.25) is 14.4 Å². The molecule has 424 valence electrons. The van der Waals surface area contributed by atoms with Gasteiger partial charge in [0.15, 0.2) is 6.10 Å². The number of carbonyl (C=O) groups excluding carboxylic acids is 3. The van der Waals surface area contributed by atoms with E-state index in [9.17, 15) is 14.4 Å². The number of rotatable bonds is 54. The van der Waals surface area contributed by atoms with Gasteiger partial charge in [-0.25, -0.2) is 0 Å². The molecule has 0 aliphatic carbocycles. The quantitative estimate of drug-likeness (QED) is 0.0261. The van der Waals surface area contributed by atoms with Crippen LogP contribution in [0.2, 0.25) is 0 Å². The highest BCUT2D eigenvalue weighted by Crippen LogP contribution is 2.15. The van der Waals surface area contributed by atoms with E-state index >= 15 is 0 Å². The minimum atomic E-state index is -0.826. The average molecular weight is 1040 g/mol. The lowest BCUT2D eigenvalue weighted by Gasteiger charge is -2.18. The molecular formula is C69H112O6. The van der Waals surface area contributed by atoms with Crippen molar-refractivity contribution in [3.63, 3.8) is 0 Å². The molecule has 75 heavy (non-hydrogen) atoms. The van der Waals surface area contributed by atoms with Crippen LogP contribution in [0.4, 0.5) is 0 Å². The molecule has 0 heterocycles. The van der Waals surface area contributed by atoms with Crippen molar-refractivity contribution in [3.05, 3.63) is 134 Å². The predicted molar refractivity (Wildman–Crippen MR) is 325 cm³/mol. The van der Waals surface area contributed by atoms with Gasteiger partial charge in [0.25, 0.3) is 0 Å². The Bertz CT molecular complexity index is 1620. The first-order valence-corrected chi connectivity index (χ1v) is 30.7. The Morgan fingerprint density at radius 1 is 0.280 bits per heavy atom. The normalized spacial score (nSPS) is 13.1. The zero-order valence-electron chi connectivity index (χ0n) is 48.5. The summed E-state index contributed by atoms with van der Waals surface area (Å²) in [4.78, 5) is 38.2. The zero-order valence-corrected chi connectivity index (χ0v) is 48.5. The van der Waals surface area contributed by atoms with E-state index in [1.807, 2.05) is 12.2 Å². The van der Waals surface area contributed by atoms with Crippen molar-refractivity contribution in [3.8, 4) is 0 Å². The van der Waals surface area contributed by atoms with Crippen LogP contribution in [0.5, 0.6) is 0 Å². The molecule has 0 amide bonds. The summed E-state index contributed by atoms with van der Waals surface area (Å²) in [6.07, 6.45) is 87.6. The highest BCUT2D eigenvalue weighted by molar-refractivity contribution is 5.71. The molecule has 0 aliphatic rings. The third kappa shape index (κ3) is 60.3. The van der Waals surface area contributed by atoms with Crippen molar-refractivity contribution in [2.24, 2.45) is 0 Å². The number of carbonyl (C=O) groups is 3. The third-order valence-electron chi connectivity index (χ3n) is 12.6. The molecule has 0 bridgehead atoms. The molecule has 1 atom stereocenters. The van der Waals surface area contributed by atoms with Gasteiger partial charge in [-0.05, 0) is 122 Å². The van der Waals surface area contributed by atoms with Gasteiger partial charge in [-0.2, -0.15) is 0 Å². The van der Waals surface area contributed by atoms with Crippen molar-refractivity contribution in [1.29, 1.82) is 0 Å². The molecule has 0 saturated carbocycles. The summed E-state index contributed by atoms with van der Waals surface area (Å²) in [5.41, 5.74) is 0. The lowest BCUT2D eigenvalue weighted by atomic mass is 10.0. The zero-order chi connectivity index (χ0) is 54.3. The Morgan fingerprint density at radius 2 is 0.547 bits per heavy atom. The van der Waals surface area contributed by atoms with E-state index in [1.54, 1.807) is 0 Å². The van der Waals surface area contributed by atoms with Gasteiger partial charge in [0.1, 0.15) is 13.2 Å². The van der Waals surface area contributed by atoms with Crippen molar-refractivity contribution < 1.29 is 28.6 Å². The molecule has 6 nitrogen and oxygen atoms in total. The van der Waals surface area contributed by atoms with E-state index in [-0.39, 0.29) is 44.0 Å². The molecule has 0 fully saturated rings. The van der Waals surface area contributed by atoms with Crippen molar-refractivity contribution >= 4 is 17.9 Å². The summed E-state index contributed by atoms with van der Waals surface area (Å²) in [7, 11) is 0. The highest BCUT2D eigenvalue weighted by Gasteiger charge is 2.19. The standard InChI is InChI=1S/C69H112O6/c1-4-7-10-13-16-19-22-25-27-29-30-31-32-33-34-35-36-37-38-40-41-44-47-50-53-56-59-62-68(71)74-65-66(64-73-67(70)61-58-55-52-49-46-43-24-21-18-15-12-9-6-3)75-69(72)63-60-57-54-51-48-45-42-39-28-26-23-20-17-14-11-8-5-2/h8-9,11-12,17-18,20-22,25-26,28-30,32-33,42-43,45-46,52,55,66H,4-7,10,13-16,19,23-24,27,31,34-41,44,47-51,53-54,56-65H2,1-3H3/b11-8-,12-9-,20-17-,21-18-,25-22-,28-26-,30-29-,33-32-,45-42-,46-43-,55-52-. The molecular weight excluding hydrogens is 925 g/mol. The van der Waals surface area contributed by atoms with Crippen LogP contribution >= 0.6 is 0 Å². The van der Waals surface area contributed by atoms with Crippen molar-refractivity contribution in [1.82, 2.24) is 0 Å². The lowest BCUT2D eigenvalue weighted by Crippen LogP contribution is -2.30. The van der Waals surface area contributed by atoms with Crippen LogP contribution in [0.15, 0.2) is 134 Å². The van der Waals surface area contributed by atoms with Gasteiger partial charge in [-0.15, -0.1) is 0 Å². The number of esters is 3. The average Bonchev–Trinajstić information content (AvgIpc) is 3.41. The summed E-state index contributed by atoms with van der Waals surface area (Å²) in [5, 5.41) is 0. The van der Waals surface area contributed by atoms with Crippen molar-refractivity contribution in [2.75, 3.05) is 13.2 Å². The molecule has 0 aliphatic heterocycles. The molecule has 0 aromatic carbocycles. The van der Waals surface area contributed by atoms with Crippen LogP contribution in [0, 0.1) is 0 Å². The minimum Gasteiger partial charge on any atom is -0.462 e. The predicted octanol–water partition coefficient (Wildman–Crippen LogP) is 21.0. The molecule has 0 radical (unpaired) electrons. The number of hydrogen-bond donors (Lipinski definition) is 0. The van der Waals surface area contributed by atoms with Gasteiger partial charge in [0, 0.05) is 19.3 Å². The maximum atomic E-state index is 12.9. The van der Waals surface area contributed by atoms with E-state index < -0.39 is 6.10 Å². The first-order valence-electron chi connectivity index (χ1n) is 30.7. The minimum absolute atomic E-state index is 0.115. The van der Waals surface area contributed by atoms with Crippen LogP contribution in [-0.2, 0) is 28.6 Å². The third-order valence-corrected chi connectivity index (χ3v) is 12.6. The fourth-order valence-corrected chi connectivity index (χ4v) is 8.10. The second kappa shape index (κ2) is 62.1. The van der Waals surface area contributed by atoms with Crippen LogP contribution < -0.4 is 0 Å². The second-order valence-corrected chi connectivity index (χ2v) is 19.8. The number of unbranched alkanes of at least 4 members (excludes halogenated alkanes) is 21. The second-order valence-electron chi connectivity index (χ2n) is 19.8. The molecule has 0 spiro atoms. The molecule has 0 N–H and O–H groups in total. The van der Waals surface area contributed by atoms with Gasteiger partial charge in [0.2, 0.25) is 0 Å². The van der Waals surface area contributed by atoms with Crippen LogP contribution in [0.1, 0.15) is 265 Å². The summed E-state index contributed by atoms with van der Waals surface area (Å²) < 4.78 is 16.8. The summed E-state index contributed by atoms with van der Waals surface area (Å²) >= 11 is 0. The Balaban J connectivity index is 4.38. The Hall–Kier alpha value is -4.45. The van der Waals surface area contributed by atoms with Gasteiger partial charge in [0.05, 0.1) is 0 Å². The molecule has 0 aromatic rings. The van der Waals surface area contributed by atoms with Crippen LogP contribution in [0.3, 0.4) is 0 Å². The first-order chi connectivity index (χ1) is 37.0. The fourth-order valence-electron chi connectivity index (χ4n) is 8.10. The monoisotopic (exact) mass is 1040 g/mol. The van der Waals surface area contributed by atoms with Gasteiger partial charge >= 0.3 is 17.9 Å². The van der Waals surface area contributed by atoms with E-state index in [2.05, 4.69) is 142 Å². The summed E-state index contributed by atoms with van der Waals surface area (Å²) in [6.45, 7) is 6.31. The molecule has 0 rings (SSSR count). The molecule has 1 unspecified atom stereocenters. The highest BCUT2D eigenvalue weighted by atomic mass is 16.6. The first kappa shape index (κ1) is 70.5. The number of allylic oxidation sites excluding steroid dienone is 22. The summed E-state index contributed by atoms with van der Waals surface area (Å²) in [5.74, 6) is -1.03. The van der Waals surface area contributed by atoms with Gasteiger partial charge in [-0.1, -0.05) is 257 Å². The molecule has 0 aromatic heterocycles. The SMILES string of the molecule is CC/C=C\C/C=C\C/C=C\C/C=C\CCCCCCC(=O)OC(COC(=O)CC/C=C\C/C=C\C/C=C\C/C=C\CC)COC(=O)CCCCCCCCCCCCCC/C=C\C/C=C\C/C=C\CCCCCCC. The maximum absolute atomic E-state index is 12.9. The van der Waals surface area contributed by atoms with E-state index in [0.29, 0.717) is 12.8 Å². The maximum Gasteiger partial charge on any atom is 0.306 e. The van der Waals surface area contributed by atoms with E-state index in [0.717, 1.165) is 116 Å². The lowest BCUT2D eigenvalue weighted by molar-refractivity contribution is -0.166. The van der Waals surface area contributed by atoms with Crippen LogP contribution in [0.25, 0.3) is 0 Å². The molecule has 6 heteroatoms. The Kier molecular flexibility index (Phi) is 58.4. The molecule has 0 saturated heterocycles. The Morgan fingerprint density at radius 3 is 0.893 bits per heavy atom. The topological polar surface area (TPSA) is 78.9 Å². The van der Waals surface area contributed by atoms with Crippen LogP contribution in [-0.4, -0.2) is 37.2 Å². The summed E-state index contributed by atoms with van der Waals surface area (Å²) in [6, 6.07) is 0. The number of hydrogen-bond acceptors (Lipinski definition) is 6. The smallest absolute Gasteiger partial charge is 0.306 e. The van der Waals surface area contributed by atoms with E-state index in [1.165, 1.54) is 103 Å². The number of ether oxygens (including phenoxy) is 3. The Labute approximate surface area is 462 Å². The van der Waals surface area contributed by atoms with Crippen molar-refractivity contribution in [2.45, 2.75) is 271 Å².